The second kappa shape index (κ2) is 7.69. The lowest BCUT2D eigenvalue weighted by atomic mass is 10.1. The van der Waals surface area contributed by atoms with Crippen LogP contribution in [0.5, 0.6) is 0 Å². The summed E-state index contributed by atoms with van der Waals surface area (Å²) in [5.41, 5.74) is 1.81. The van der Waals surface area contributed by atoms with E-state index in [1.807, 2.05) is 39.1 Å². The van der Waals surface area contributed by atoms with Crippen molar-refractivity contribution in [3.63, 3.8) is 0 Å². The molecule has 1 aromatic rings. The first-order valence-electron chi connectivity index (χ1n) is 5.26. The van der Waals surface area contributed by atoms with E-state index in [0.717, 1.165) is 10.0 Å². The van der Waals surface area contributed by atoms with Crippen LogP contribution in [0.25, 0.3) is 0 Å². The Labute approximate surface area is 117 Å². The van der Waals surface area contributed by atoms with Crippen LogP contribution in [-0.2, 0) is 0 Å². The van der Waals surface area contributed by atoms with E-state index in [4.69, 9.17) is 0 Å². The van der Waals surface area contributed by atoms with Gasteiger partial charge < -0.3 is 10.6 Å². The first-order chi connectivity index (χ1) is 7.54. The monoisotopic (exact) mass is 320 g/mol. The highest BCUT2D eigenvalue weighted by molar-refractivity contribution is 9.10. The molecule has 3 nitrogen and oxygen atoms in total. The first kappa shape index (κ1) is 16.4. The number of benzene rings is 1. The highest BCUT2D eigenvalue weighted by atomic mass is 79.9. The molecule has 0 aliphatic carbocycles. The van der Waals surface area contributed by atoms with E-state index in [1.165, 1.54) is 0 Å². The van der Waals surface area contributed by atoms with Crippen molar-refractivity contribution in [2.45, 2.75) is 19.9 Å². The Kier molecular flexibility index (Phi) is 7.43. The van der Waals surface area contributed by atoms with Crippen LogP contribution in [0.3, 0.4) is 0 Å². The summed E-state index contributed by atoms with van der Waals surface area (Å²) in [5, 5.41) is 5.94. The van der Waals surface area contributed by atoms with Gasteiger partial charge in [-0.1, -0.05) is 22.0 Å². The van der Waals surface area contributed by atoms with Crippen LogP contribution in [0.4, 0.5) is 0 Å². The van der Waals surface area contributed by atoms with E-state index in [9.17, 15) is 4.79 Å². The van der Waals surface area contributed by atoms with Crippen molar-refractivity contribution < 1.29 is 4.79 Å². The first-order valence-corrected chi connectivity index (χ1v) is 6.05. The van der Waals surface area contributed by atoms with Gasteiger partial charge in [0, 0.05) is 22.6 Å². The van der Waals surface area contributed by atoms with E-state index in [2.05, 4.69) is 26.6 Å². The minimum absolute atomic E-state index is 0. The number of amides is 1. The third kappa shape index (κ3) is 5.06. The average Bonchev–Trinajstić information content (AvgIpc) is 2.29. The van der Waals surface area contributed by atoms with Gasteiger partial charge in [0.05, 0.1) is 0 Å². The number of halogens is 2. The van der Waals surface area contributed by atoms with Crippen LogP contribution in [0.15, 0.2) is 22.7 Å². The third-order valence-corrected chi connectivity index (χ3v) is 3.35. The van der Waals surface area contributed by atoms with Gasteiger partial charge in [0.1, 0.15) is 0 Å². The Morgan fingerprint density at radius 2 is 2.12 bits per heavy atom. The van der Waals surface area contributed by atoms with Crippen LogP contribution in [-0.4, -0.2) is 25.5 Å². The molecule has 1 unspecified atom stereocenters. The van der Waals surface area contributed by atoms with E-state index < -0.39 is 0 Å². The molecule has 1 aromatic carbocycles. The molecule has 2 N–H and O–H groups in total. The van der Waals surface area contributed by atoms with Crippen molar-refractivity contribution in [2.75, 3.05) is 13.6 Å². The standard InChI is InChI=1S/C12H17BrN2O.ClH/c1-8-4-5-10(6-11(8)13)12(16)15-7-9(2)14-3;/h4-6,9,14H,7H2,1-3H3,(H,15,16);1H. The molecule has 0 saturated carbocycles. The Balaban J connectivity index is 0.00000256. The molecule has 17 heavy (non-hydrogen) atoms. The predicted molar refractivity (Wildman–Crippen MR) is 77.0 cm³/mol. The quantitative estimate of drug-likeness (QED) is 0.895. The summed E-state index contributed by atoms with van der Waals surface area (Å²) in [6.07, 6.45) is 0. The molecule has 1 rings (SSSR count). The normalized spacial score (nSPS) is 11.5. The smallest absolute Gasteiger partial charge is 0.251 e. The molecular formula is C12H18BrClN2O. The van der Waals surface area contributed by atoms with Gasteiger partial charge in [-0.25, -0.2) is 0 Å². The number of rotatable bonds is 4. The third-order valence-electron chi connectivity index (χ3n) is 2.50. The van der Waals surface area contributed by atoms with Gasteiger partial charge in [-0.3, -0.25) is 4.79 Å². The van der Waals surface area contributed by atoms with Crippen molar-refractivity contribution >= 4 is 34.2 Å². The summed E-state index contributed by atoms with van der Waals surface area (Å²) < 4.78 is 0.960. The highest BCUT2D eigenvalue weighted by Crippen LogP contribution is 2.17. The summed E-state index contributed by atoms with van der Waals surface area (Å²) in [4.78, 5) is 11.8. The fourth-order valence-corrected chi connectivity index (χ4v) is 1.56. The molecule has 0 saturated heterocycles. The van der Waals surface area contributed by atoms with Gasteiger partial charge in [-0.15, -0.1) is 12.4 Å². The summed E-state index contributed by atoms with van der Waals surface area (Å²) >= 11 is 3.42. The predicted octanol–water partition coefficient (Wildman–Crippen LogP) is 2.52. The molecule has 1 atom stereocenters. The number of nitrogens with one attached hydrogen (secondary N) is 2. The zero-order valence-corrected chi connectivity index (χ0v) is 12.6. The van der Waals surface area contributed by atoms with Gasteiger partial charge in [-0.05, 0) is 38.6 Å². The number of aryl methyl sites for hydroxylation is 1. The van der Waals surface area contributed by atoms with Crippen molar-refractivity contribution in [2.24, 2.45) is 0 Å². The molecule has 5 heteroatoms. The highest BCUT2D eigenvalue weighted by Gasteiger charge is 2.07. The molecular weight excluding hydrogens is 304 g/mol. The zero-order valence-electron chi connectivity index (χ0n) is 10.2. The van der Waals surface area contributed by atoms with Gasteiger partial charge in [0.25, 0.3) is 5.91 Å². The van der Waals surface area contributed by atoms with Crippen LogP contribution >= 0.6 is 28.3 Å². The van der Waals surface area contributed by atoms with Crippen molar-refractivity contribution in [1.29, 1.82) is 0 Å². The van der Waals surface area contributed by atoms with Crippen LogP contribution in [0.2, 0.25) is 0 Å². The number of hydrogen-bond acceptors (Lipinski definition) is 2. The second-order valence-corrected chi connectivity index (χ2v) is 4.72. The lowest BCUT2D eigenvalue weighted by Crippen LogP contribution is -2.37. The van der Waals surface area contributed by atoms with E-state index in [1.54, 1.807) is 0 Å². The second-order valence-electron chi connectivity index (χ2n) is 3.86. The number of likely N-dealkylation sites (N-methyl/N-ethyl adjacent to an activating group) is 1. The molecule has 0 bridgehead atoms. The molecule has 0 radical (unpaired) electrons. The zero-order chi connectivity index (χ0) is 12.1. The number of carbonyl (C=O) groups is 1. The summed E-state index contributed by atoms with van der Waals surface area (Å²) in [6, 6.07) is 5.88. The van der Waals surface area contributed by atoms with Crippen molar-refractivity contribution in [3.05, 3.63) is 33.8 Å². The largest absolute Gasteiger partial charge is 0.350 e. The lowest BCUT2D eigenvalue weighted by Gasteiger charge is -2.11. The Hall–Kier alpha value is -0.580. The maximum atomic E-state index is 11.8. The number of hydrogen-bond donors (Lipinski definition) is 2. The minimum atomic E-state index is -0.0391. The molecule has 0 heterocycles. The molecule has 0 fully saturated rings. The Morgan fingerprint density at radius 1 is 1.47 bits per heavy atom. The van der Waals surface area contributed by atoms with Crippen LogP contribution < -0.4 is 10.6 Å². The molecule has 96 valence electrons. The molecule has 0 aromatic heterocycles. The maximum Gasteiger partial charge on any atom is 0.251 e. The average molecular weight is 322 g/mol. The Morgan fingerprint density at radius 3 is 2.65 bits per heavy atom. The molecule has 0 aliphatic heterocycles. The van der Waals surface area contributed by atoms with Gasteiger partial charge in [-0.2, -0.15) is 0 Å². The summed E-state index contributed by atoms with van der Waals surface area (Å²) in [6.45, 7) is 4.64. The minimum Gasteiger partial charge on any atom is -0.350 e. The molecule has 0 spiro atoms. The van der Waals surface area contributed by atoms with E-state index in [-0.39, 0.29) is 24.4 Å². The Bertz CT molecular complexity index is 385. The lowest BCUT2D eigenvalue weighted by molar-refractivity contribution is 0.0950. The van der Waals surface area contributed by atoms with E-state index >= 15 is 0 Å². The number of carbonyl (C=O) groups excluding carboxylic acids is 1. The molecule has 1 amide bonds. The van der Waals surface area contributed by atoms with Gasteiger partial charge in [0.2, 0.25) is 0 Å². The van der Waals surface area contributed by atoms with Crippen LogP contribution in [0.1, 0.15) is 22.8 Å². The fourth-order valence-electron chi connectivity index (χ4n) is 1.18. The maximum absolute atomic E-state index is 11.8. The summed E-state index contributed by atoms with van der Waals surface area (Å²) in [5.74, 6) is -0.0391. The van der Waals surface area contributed by atoms with Crippen molar-refractivity contribution in [1.82, 2.24) is 10.6 Å². The van der Waals surface area contributed by atoms with Crippen molar-refractivity contribution in [3.8, 4) is 0 Å². The fraction of sp³-hybridized carbons (Fsp3) is 0.417. The summed E-state index contributed by atoms with van der Waals surface area (Å²) in [7, 11) is 1.87. The van der Waals surface area contributed by atoms with Gasteiger partial charge >= 0.3 is 0 Å². The SMILES string of the molecule is CNC(C)CNC(=O)c1ccc(C)c(Br)c1.Cl. The van der Waals surface area contributed by atoms with E-state index in [0.29, 0.717) is 12.1 Å². The van der Waals surface area contributed by atoms with Gasteiger partial charge in [0.15, 0.2) is 0 Å². The molecule has 0 aliphatic rings. The van der Waals surface area contributed by atoms with Crippen LogP contribution in [0, 0.1) is 6.92 Å². The topological polar surface area (TPSA) is 41.1 Å².